The van der Waals surface area contributed by atoms with Crippen LogP contribution in [0.3, 0.4) is 0 Å². The molecule has 0 atom stereocenters. The highest BCUT2D eigenvalue weighted by molar-refractivity contribution is 5.64. The summed E-state index contributed by atoms with van der Waals surface area (Å²) in [7, 11) is 1.86. The van der Waals surface area contributed by atoms with Gasteiger partial charge in [0.25, 0.3) is 0 Å². The first-order chi connectivity index (χ1) is 7.18. The van der Waals surface area contributed by atoms with Crippen LogP contribution >= 0.6 is 0 Å². The molecule has 0 aliphatic rings. The molecule has 0 spiro atoms. The van der Waals surface area contributed by atoms with Gasteiger partial charge in [-0.25, -0.2) is 0 Å². The van der Waals surface area contributed by atoms with Gasteiger partial charge in [-0.2, -0.15) is 5.10 Å². The number of nitrogens with two attached hydrogens (primary N) is 1. The third kappa shape index (κ3) is 1.81. The number of hydrogen-bond acceptors (Lipinski definition) is 4. The van der Waals surface area contributed by atoms with Gasteiger partial charge in [0.2, 0.25) is 0 Å². The molecule has 3 N–H and O–H groups in total. The lowest BCUT2D eigenvalue weighted by Crippen LogP contribution is -2.05. The number of aryl methyl sites for hydroxylation is 2. The highest BCUT2D eigenvalue weighted by atomic mass is 16.3. The Balaban J connectivity index is 2.11. The van der Waals surface area contributed by atoms with E-state index in [1.807, 2.05) is 20.0 Å². The van der Waals surface area contributed by atoms with Crippen LogP contribution in [0.5, 0.6) is 0 Å². The number of hydrogen-bond donors (Lipinski definition) is 2. The summed E-state index contributed by atoms with van der Waals surface area (Å²) in [5.74, 6) is 0.841. The van der Waals surface area contributed by atoms with E-state index in [-0.39, 0.29) is 0 Å². The molecule has 0 amide bonds. The second-order valence-corrected chi connectivity index (χ2v) is 3.46. The van der Waals surface area contributed by atoms with Crippen LogP contribution in [0.15, 0.2) is 23.0 Å². The summed E-state index contributed by atoms with van der Waals surface area (Å²) in [5, 5.41) is 7.44. The first-order valence-corrected chi connectivity index (χ1v) is 4.72. The number of anilines is 2. The molecule has 0 aliphatic carbocycles. The van der Waals surface area contributed by atoms with Crippen LogP contribution in [-0.4, -0.2) is 9.78 Å². The lowest BCUT2D eigenvalue weighted by Gasteiger charge is -2.05. The van der Waals surface area contributed by atoms with E-state index in [0.717, 1.165) is 17.1 Å². The zero-order chi connectivity index (χ0) is 10.8. The maximum atomic E-state index is 5.87. The second-order valence-electron chi connectivity index (χ2n) is 3.46. The van der Waals surface area contributed by atoms with Gasteiger partial charge >= 0.3 is 0 Å². The average Bonchev–Trinajstić information content (AvgIpc) is 2.76. The maximum absolute atomic E-state index is 5.87. The van der Waals surface area contributed by atoms with Crippen LogP contribution < -0.4 is 11.1 Å². The minimum absolute atomic E-state index is 0.680. The molecule has 2 rings (SSSR count). The van der Waals surface area contributed by atoms with Crippen LogP contribution in [-0.2, 0) is 13.6 Å². The number of furan rings is 1. The molecule has 0 saturated heterocycles. The molecule has 0 bridgehead atoms. The topological polar surface area (TPSA) is 69.0 Å². The second kappa shape index (κ2) is 3.68. The SMILES string of the molecule is Cc1nn(C)c(NCc2ccoc2)c1N. The molecular weight excluding hydrogens is 192 g/mol. The van der Waals surface area contributed by atoms with Crippen molar-refractivity contribution in [2.45, 2.75) is 13.5 Å². The average molecular weight is 206 g/mol. The Hall–Kier alpha value is -1.91. The predicted molar refractivity (Wildman–Crippen MR) is 58.4 cm³/mol. The summed E-state index contributed by atoms with van der Waals surface area (Å²) in [5.41, 5.74) is 8.49. The van der Waals surface area contributed by atoms with Gasteiger partial charge in [-0.1, -0.05) is 0 Å². The van der Waals surface area contributed by atoms with Crippen molar-refractivity contribution in [1.82, 2.24) is 9.78 Å². The predicted octanol–water partition coefficient (Wildman–Crippen LogP) is 1.52. The van der Waals surface area contributed by atoms with Gasteiger partial charge < -0.3 is 15.5 Å². The van der Waals surface area contributed by atoms with E-state index >= 15 is 0 Å². The Morgan fingerprint density at radius 1 is 1.60 bits per heavy atom. The van der Waals surface area contributed by atoms with Crippen molar-refractivity contribution in [1.29, 1.82) is 0 Å². The minimum atomic E-state index is 0.680. The fraction of sp³-hybridized carbons (Fsp3) is 0.300. The molecule has 0 saturated carbocycles. The zero-order valence-electron chi connectivity index (χ0n) is 8.82. The van der Waals surface area contributed by atoms with Gasteiger partial charge in [0.1, 0.15) is 5.82 Å². The smallest absolute Gasteiger partial charge is 0.148 e. The molecule has 2 heterocycles. The molecule has 2 aromatic rings. The van der Waals surface area contributed by atoms with Crippen LogP contribution in [0.25, 0.3) is 0 Å². The van der Waals surface area contributed by atoms with Gasteiger partial charge in [0, 0.05) is 19.2 Å². The largest absolute Gasteiger partial charge is 0.472 e. The fourth-order valence-electron chi connectivity index (χ4n) is 1.46. The van der Waals surface area contributed by atoms with E-state index in [9.17, 15) is 0 Å². The number of rotatable bonds is 3. The first kappa shape index (κ1) is 9.64. The Morgan fingerprint density at radius 3 is 2.93 bits per heavy atom. The summed E-state index contributed by atoms with van der Waals surface area (Å²) in [6.45, 7) is 2.57. The quantitative estimate of drug-likeness (QED) is 0.798. The van der Waals surface area contributed by atoms with E-state index < -0.39 is 0 Å². The van der Waals surface area contributed by atoms with E-state index in [1.54, 1.807) is 17.2 Å². The van der Waals surface area contributed by atoms with E-state index in [0.29, 0.717) is 12.2 Å². The minimum Gasteiger partial charge on any atom is -0.472 e. The normalized spacial score (nSPS) is 10.5. The molecule has 0 radical (unpaired) electrons. The Morgan fingerprint density at radius 2 is 2.40 bits per heavy atom. The standard InChI is InChI=1S/C10H14N4O/c1-7-9(11)10(14(2)13-7)12-5-8-3-4-15-6-8/h3-4,6,12H,5,11H2,1-2H3. The van der Waals surface area contributed by atoms with Crippen molar-refractivity contribution in [3.8, 4) is 0 Å². The van der Waals surface area contributed by atoms with Gasteiger partial charge in [0.15, 0.2) is 0 Å². The third-order valence-electron chi connectivity index (χ3n) is 2.31. The zero-order valence-corrected chi connectivity index (χ0v) is 8.82. The lowest BCUT2D eigenvalue weighted by molar-refractivity contribution is 0.564. The van der Waals surface area contributed by atoms with E-state index in [1.165, 1.54) is 0 Å². The molecule has 2 aromatic heterocycles. The van der Waals surface area contributed by atoms with Crippen LogP contribution in [0, 0.1) is 6.92 Å². The van der Waals surface area contributed by atoms with Gasteiger partial charge in [-0.15, -0.1) is 0 Å². The molecular formula is C10H14N4O. The molecule has 0 aliphatic heterocycles. The summed E-state index contributed by atoms with van der Waals surface area (Å²) in [6, 6.07) is 1.91. The third-order valence-corrected chi connectivity index (χ3v) is 2.31. The van der Waals surface area contributed by atoms with Gasteiger partial charge in [-0.05, 0) is 13.0 Å². The first-order valence-electron chi connectivity index (χ1n) is 4.72. The summed E-state index contributed by atoms with van der Waals surface area (Å²) in [4.78, 5) is 0. The van der Waals surface area contributed by atoms with Crippen LogP contribution in [0.4, 0.5) is 11.5 Å². The summed E-state index contributed by atoms with van der Waals surface area (Å²) in [6.07, 6.45) is 3.35. The molecule has 15 heavy (non-hydrogen) atoms. The molecule has 0 fully saturated rings. The fourth-order valence-corrected chi connectivity index (χ4v) is 1.46. The monoisotopic (exact) mass is 206 g/mol. The van der Waals surface area contributed by atoms with Crippen molar-refractivity contribution in [2.24, 2.45) is 7.05 Å². The van der Waals surface area contributed by atoms with Crippen molar-refractivity contribution < 1.29 is 4.42 Å². The van der Waals surface area contributed by atoms with E-state index in [2.05, 4.69) is 10.4 Å². The lowest BCUT2D eigenvalue weighted by atomic mass is 10.3. The highest BCUT2D eigenvalue weighted by Crippen LogP contribution is 2.21. The molecule has 5 nitrogen and oxygen atoms in total. The van der Waals surface area contributed by atoms with Crippen LogP contribution in [0.2, 0.25) is 0 Å². The highest BCUT2D eigenvalue weighted by Gasteiger charge is 2.09. The van der Waals surface area contributed by atoms with Gasteiger partial charge in [-0.3, -0.25) is 4.68 Å². The summed E-state index contributed by atoms with van der Waals surface area (Å²) < 4.78 is 6.72. The number of nitrogens with zero attached hydrogens (tertiary/aromatic N) is 2. The van der Waals surface area contributed by atoms with Crippen molar-refractivity contribution in [3.05, 3.63) is 29.9 Å². The number of nitrogens with one attached hydrogen (secondary N) is 1. The Labute approximate surface area is 87.9 Å². The maximum Gasteiger partial charge on any atom is 0.148 e. The van der Waals surface area contributed by atoms with E-state index in [4.69, 9.17) is 10.2 Å². The molecule has 0 unspecified atom stereocenters. The number of nitrogen functional groups attached to an aromatic ring is 1. The Bertz CT molecular complexity index is 444. The molecule has 5 heteroatoms. The van der Waals surface area contributed by atoms with Crippen molar-refractivity contribution >= 4 is 11.5 Å². The molecule has 80 valence electrons. The Kier molecular flexibility index (Phi) is 2.37. The van der Waals surface area contributed by atoms with Gasteiger partial charge in [0.05, 0.1) is 23.9 Å². The number of aromatic nitrogens is 2. The van der Waals surface area contributed by atoms with Crippen molar-refractivity contribution in [3.63, 3.8) is 0 Å². The van der Waals surface area contributed by atoms with Crippen LogP contribution in [0.1, 0.15) is 11.3 Å². The van der Waals surface area contributed by atoms with Crippen molar-refractivity contribution in [2.75, 3.05) is 11.1 Å². The summed E-state index contributed by atoms with van der Waals surface area (Å²) >= 11 is 0. The molecule has 0 aromatic carbocycles.